The van der Waals surface area contributed by atoms with Crippen molar-refractivity contribution in [3.8, 4) is 0 Å². The van der Waals surface area contributed by atoms with Crippen LogP contribution in [-0.4, -0.2) is 82.9 Å². The SMILES string of the molecule is CC1(OC(=O)C2C3CC4C(OC(=O)C42)C3OC(=O)CSSCC(=O)OC2C3CC4C2OC(=O)C4C3C(=O)OC2(C)CCCC2)CCCC1. The highest BCUT2D eigenvalue weighted by atomic mass is 33.1. The lowest BCUT2D eigenvalue weighted by molar-refractivity contribution is -0.172. The Morgan fingerprint density at radius 1 is 0.646 bits per heavy atom. The van der Waals surface area contributed by atoms with Crippen molar-refractivity contribution >= 4 is 57.4 Å². The van der Waals surface area contributed by atoms with Gasteiger partial charge in [0.2, 0.25) is 0 Å². The third-order valence-corrected chi connectivity index (χ3v) is 14.7. The Morgan fingerprint density at radius 3 is 1.40 bits per heavy atom. The third kappa shape index (κ3) is 5.42. The van der Waals surface area contributed by atoms with Crippen molar-refractivity contribution in [3.63, 3.8) is 0 Å². The van der Waals surface area contributed by atoms with E-state index in [0.717, 1.165) is 73.0 Å². The molecule has 8 fully saturated rings. The van der Waals surface area contributed by atoms with Crippen LogP contribution in [0.5, 0.6) is 0 Å². The fraction of sp³-hybridized carbons (Fsp3) is 0.824. The van der Waals surface area contributed by atoms with Crippen molar-refractivity contribution in [1.82, 2.24) is 0 Å². The molecular formula is C34H42O12S2. The Kier molecular flexibility index (Phi) is 8.24. The van der Waals surface area contributed by atoms with Crippen LogP contribution in [-0.2, 0) is 57.2 Å². The Morgan fingerprint density at radius 2 is 1.02 bits per heavy atom. The average molecular weight is 707 g/mol. The van der Waals surface area contributed by atoms with E-state index < -0.39 is 95.1 Å². The standard InChI is InChI=1S/C34H42O12S2/c1-33(7-3-4-8-33)45-31(39)23-17-11-15-21(23)29(37)43-27(15)25(17)41-19(35)13-47-48-14-20(36)42-26-18-12-16-22(30(38)44-28(16)26)24(18)32(40)46-34(2)9-5-6-10-34/h15-18,21-28H,3-14H2,1-2H3. The van der Waals surface area contributed by atoms with E-state index in [1.165, 1.54) is 0 Å². The normalized spacial score (nSPS) is 41.7. The molecule has 0 amide bonds. The monoisotopic (exact) mass is 706 g/mol. The van der Waals surface area contributed by atoms with Crippen LogP contribution in [0.2, 0.25) is 0 Å². The van der Waals surface area contributed by atoms with Crippen molar-refractivity contribution in [2.75, 3.05) is 11.5 Å². The molecule has 2 heterocycles. The number of hydrogen-bond acceptors (Lipinski definition) is 14. The zero-order chi connectivity index (χ0) is 33.5. The third-order valence-electron chi connectivity index (χ3n) is 12.6. The molecule has 2 aliphatic heterocycles. The van der Waals surface area contributed by atoms with Crippen LogP contribution in [0.3, 0.4) is 0 Å². The number of carbonyl (C=O) groups excluding carboxylic acids is 6. The van der Waals surface area contributed by atoms with Crippen molar-refractivity contribution < 1.29 is 57.2 Å². The van der Waals surface area contributed by atoms with Crippen LogP contribution in [0.15, 0.2) is 0 Å². The van der Waals surface area contributed by atoms with E-state index in [9.17, 15) is 28.8 Å². The molecule has 14 heteroatoms. The largest absolute Gasteiger partial charge is 0.459 e. The van der Waals surface area contributed by atoms with Crippen LogP contribution in [0.25, 0.3) is 0 Å². The minimum Gasteiger partial charge on any atom is -0.459 e. The van der Waals surface area contributed by atoms with Gasteiger partial charge < -0.3 is 28.4 Å². The van der Waals surface area contributed by atoms with Crippen LogP contribution < -0.4 is 0 Å². The maximum absolute atomic E-state index is 13.3. The van der Waals surface area contributed by atoms with Gasteiger partial charge in [-0.2, -0.15) is 0 Å². The topological polar surface area (TPSA) is 158 Å². The Bertz CT molecular complexity index is 1300. The molecule has 0 spiro atoms. The number of hydrogen-bond donors (Lipinski definition) is 0. The number of ether oxygens (including phenoxy) is 6. The van der Waals surface area contributed by atoms with E-state index in [1.807, 2.05) is 13.8 Å². The minimum atomic E-state index is -0.707. The van der Waals surface area contributed by atoms with E-state index in [-0.39, 0.29) is 35.2 Å². The molecule has 0 aromatic carbocycles. The maximum Gasteiger partial charge on any atom is 0.317 e. The smallest absolute Gasteiger partial charge is 0.317 e. The summed E-state index contributed by atoms with van der Waals surface area (Å²) in [4.78, 5) is 77.9. The van der Waals surface area contributed by atoms with Gasteiger partial charge in [0.25, 0.3) is 0 Å². The molecule has 12 unspecified atom stereocenters. The van der Waals surface area contributed by atoms with Crippen LogP contribution in [0, 0.1) is 47.3 Å². The fourth-order valence-electron chi connectivity index (χ4n) is 10.6. The average Bonchev–Trinajstić information content (AvgIpc) is 3.88. The Balaban J connectivity index is 0.815. The second kappa shape index (κ2) is 12.1. The molecule has 6 aliphatic carbocycles. The molecule has 8 rings (SSSR count). The van der Waals surface area contributed by atoms with Crippen molar-refractivity contribution in [2.24, 2.45) is 47.3 Å². The fourth-order valence-corrected chi connectivity index (χ4v) is 12.1. The van der Waals surface area contributed by atoms with Crippen LogP contribution in [0.1, 0.15) is 78.1 Å². The summed E-state index contributed by atoms with van der Waals surface area (Å²) in [5.74, 6) is -6.28. The van der Waals surface area contributed by atoms with Crippen LogP contribution >= 0.6 is 21.6 Å². The van der Waals surface area contributed by atoms with Gasteiger partial charge in [0.1, 0.15) is 47.1 Å². The summed E-state index contributed by atoms with van der Waals surface area (Å²) in [6.45, 7) is 3.87. The van der Waals surface area contributed by atoms with E-state index in [4.69, 9.17) is 28.4 Å². The van der Waals surface area contributed by atoms with Gasteiger partial charge in [-0.15, -0.1) is 0 Å². The van der Waals surface area contributed by atoms with Gasteiger partial charge in [-0.05, 0) is 78.1 Å². The van der Waals surface area contributed by atoms with Gasteiger partial charge >= 0.3 is 35.8 Å². The number of fused-ring (bicyclic) bond motifs is 2. The van der Waals surface area contributed by atoms with Crippen molar-refractivity contribution in [3.05, 3.63) is 0 Å². The molecule has 8 aliphatic rings. The molecule has 48 heavy (non-hydrogen) atoms. The van der Waals surface area contributed by atoms with E-state index in [2.05, 4.69) is 0 Å². The van der Waals surface area contributed by atoms with Crippen LogP contribution in [0.4, 0.5) is 0 Å². The summed E-state index contributed by atoms with van der Waals surface area (Å²) in [6, 6.07) is 0. The second-order valence-corrected chi connectivity index (χ2v) is 18.1. The van der Waals surface area contributed by atoms with E-state index in [0.29, 0.717) is 12.8 Å². The minimum absolute atomic E-state index is 0.0637. The lowest BCUT2D eigenvalue weighted by atomic mass is 9.78. The highest BCUT2D eigenvalue weighted by Crippen LogP contribution is 2.60. The molecule has 2 saturated heterocycles. The van der Waals surface area contributed by atoms with E-state index >= 15 is 0 Å². The second-order valence-electron chi connectivity index (χ2n) is 15.6. The van der Waals surface area contributed by atoms with Gasteiger partial charge in [-0.3, -0.25) is 28.8 Å². The first kappa shape index (κ1) is 32.7. The predicted octanol–water partition coefficient (Wildman–Crippen LogP) is 3.56. The molecule has 0 aromatic rings. The highest BCUT2D eigenvalue weighted by molar-refractivity contribution is 8.77. The zero-order valence-electron chi connectivity index (χ0n) is 27.1. The van der Waals surface area contributed by atoms with Gasteiger partial charge in [0, 0.05) is 23.7 Å². The lowest BCUT2D eigenvalue weighted by Gasteiger charge is -2.33. The predicted molar refractivity (Wildman–Crippen MR) is 168 cm³/mol. The molecular weight excluding hydrogens is 664 g/mol. The molecule has 4 bridgehead atoms. The number of rotatable bonds is 11. The molecule has 0 aromatic heterocycles. The summed E-state index contributed by atoms with van der Waals surface area (Å²) in [5.41, 5.74) is -1.05. The molecule has 12 nitrogen and oxygen atoms in total. The van der Waals surface area contributed by atoms with Gasteiger partial charge in [-0.25, -0.2) is 0 Å². The first-order valence-corrected chi connectivity index (χ1v) is 19.9. The summed E-state index contributed by atoms with van der Waals surface area (Å²) in [7, 11) is 2.27. The van der Waals surface area contributed by atoms with E-state index in [1.54, 1.807) is 0 Å². The number of esters is 6. The first-order valence-electron chi connectivity index (χ1n) is 17.5. The molecule has 6 saturated carbocycles. The summed E-state index contributed by atoms with van der Waals surface area (Å²) < 4.78 is 34.7. The zero-order valence-corrected chi connectivity index (χ0v) is 28.8. The van der Waals surface area contributed by atoms with Gasteiger partial charge in [0.15, 0.2) is 0 Å². The summed E-state index contributed by atoms with van der Waals surface area (Å²) in [6.07, 6.45) is 5.79. The molecule has 262 valence electrons. The lowest BCUT2D eigenvalue weighted by Crippen LogP contribution is -2.45. The quantitative estimate of drug-likeness (QED) is 0.133. The summed E-state index contributed by atoms with van der Waals surface area (Å²) >= 11 is 0. The molecule has 0 radical (unpaired) electrons. The highest BCUT2D eigenvalue weighted by Gasteiger charge is 2.71. The first-order chi connectivity index (χ1) is 23.0. The van der Waals surface area contributed by atoms with Gasteiger partial charge in [-0.1, -0.05) is 21.6 Å². The summed E-state index contributed by atoms with van der Waals surface area (Å²) in [5, 5.41) is 0. The Labute approximate surface area is 286 Å². The molecule has 0 N–H and O–H groups in total. The van der Waals surface area contributed by atoms with Crippen molar-refractivity contribution in [1.29, 1.82) is 0 Å². The van der Waals surface area contributed by atoms with Crippen molar-refractivity contribution in [2.45, 2.75) is 114 Å². The van der Waals surface area contributed by atoms with Gasteiger partial charge in [0.05, 0.1) is 23.7 Å². The number of carbonyl (C=O) groups is 6. The maximum atomic E-state index is 13.3. The molecule has 12 atom stereocenters. The Hall–Kier alpha value is -2.48.